The van der Waals surface area contributed by atoms with Crippen LogP contribution in [0.3, 0.4) is 0 Å². The highest BCUT2D eigenvalue weighted by Gasteiger charge is 2.06. The van der Waals surface area contributed by atoms with Crippen LogP contribution in [-0.4, -0.2) is 22.9 Å². The van der Waals surface area contributed by atoms with Gasteiger partial charge in [-0.15, -0.1) is 0 Å². The minimum Gasteiger partial charge on any atom is -0.391 e. The zero-order valence-corrected chi connectivity index (χ0v) is 6.45. The molecule has 11 heavy (non-hydrogen) atoms. The summed E-state index contributed by atoms with van der Waals surface area (Å²) in [7, 11) is 0. The molecule has 0 amide bonds. The lowest BCUT2D eigenvalue weighted by atomic mass is 10.2. The second-order valence-corrected chi connectivity index (χ2v) is 2.53. The van der Waals surface area contributed by atoms with Gasteiger partial charge >= 0.3 is 0 Å². The third-order valence-corrected chi connectivity index (χ3v) is 1.39. The van der Waals surface area contributed by atoms with Crippen molar-refractivity contribution in [2.24, 2.45) is 5.73 Å². The molecule has 0 saturated heterocycles. The predicted molar refractivity (Wildman–Crippen MR) is 40.0 cm³/mol. The lowest BCUT2D eigenvalue weighted by Gasteiger charge is -2.01. The average molecular weight is 156 g/mol. The molecule has 1 atom stereocenters. The normalized spacial score (nSPS) is 13.4. The number of hydrogen-bond donors (Lipinski definition) is 2. The number of rotatable bonds is 3. The molecule has 0 radical (unpaired) electrons. The maximum atomic E-state index is 9.11. The molecule has 0 bridgehead atoms. The van der Waals surface area contributed by atoms with Gasteiger partial charge in [0.1, 0.15) is 5.76 Å². The van der Waals surface area contributed by atoms with Gasteiger partial charge in [-0.25, -0.2) is 0 Å². The van der Waals surface area contributed by atoms with Crippen molar-refractivity contribution in [1.29, 1.82) is 0 Å². The number of aliphatic hydroxyl groups is 1. The third-order valence-electron chi connectivity index (χ3n) is 1.39. The van der Waals surface area contributed by atoms with Crippen molar-refractivity contribution in [2.45, 2.75) is 19.4 Å². The van der Waals surface area contributed by atoms with Gasteiger partial charge in [0.05, 0.1) is 11.8 Å². The summed E-state index contributed by atoms with van der Waals surface area (Å²) in [4.78, 5) is 0. The molecule has 4 nitrogen and oxygen atoms in total. The quantitative estimate of drug-likeness (QED) is 0.638. The predicted octanol–water partition coefficient (Wildman–Crippen LogP) is -0.155. The van der Waals surface area contributed by atoms with Crippen LogP contribution in [-0.2, 0) is 6.42 Å². The summed E-state index contributed by atoms with van der Waals surface area (Å²) in [6.07, 6.45) is -0.0838. The van der Waals surface area contributed by atoms with Crippen molar-refractivity contribution in [3.63, 3.8) is 0 Å². The molecule has 1 heterocycles. The largest absolute Gasteiger partial charge is 0.391 e. The van der Waals surface area contributed by atoms with E-state index in [2.05, 4.69) is 5.16 Å². The van der Waals surface area contributed by atoms with E-state index in [1.54, 1.807) is 6.07 Å². The molecular weight excluding hydrogens is 144 g/mol. The molecule has 1 aromatic heterocycles. The molecule has 0 fully saturated rings. The van der Waals surface area contributed by atoms with Gasteiger partial charge < -0.3 is 15.4 Å². The maximum absolute atomic E-state index is 9.11. The smallest absolute Gasteiger partial charge is 0.139 e. The Bertz CT molecular complexity index is 222. The van der Waals surface area contributed by atoms with Gasteiger partial charge in [0.25, 0.3) is 0 Å². The number of hydrogen-bond acceptors (Lipinski definition) is 4. The fourth-order valence-electron chi connectivity index (χ4n) is 0.828. The van der Waals surface area contributed by atoms with Crippen molar-refractivity contribution in [1.82, 2.24) is 5.16 Å². The Labute approximate surface area is 65.0 Å². The van der Waals surface area contributed by atoms with Crippen molar-refractivity contribution in [3.05, 3.63) is 17.5 Å². The van der Waals surface area contributed by atoms with E-state index in [-0.39, 0.29) is 6.54 Å². The van der Waals surface area contributed by atoms with Crippen LogP contribution in [0.4, 0.5) is 0 Å². The van der Waals surface area contributed by atoms with Crippen molar-refractivity contribution in [2.75, 3.05) is 6.54 Å². The van der Waals surface area contributed by atoms with E-state index in [4.69, 9.17) is 15.4 Å². The van der Waals surface area contributed by atoms with Gasteiger partial charge in [-0.05, 0) is 6.92 Å². The molecule has 0 aliphatic rings. The van der Waals surface area contributed by atoms with E-state index in [9.17, 15) is 0 Å². The number of nitrogens with two attached hydrogens (primary N) is 1. The number of nitrogens with zero attached hydrogens (tertiary/aromatic N) is 1. The third kappa shape index (κ3) is 2.32. The zero-order valence-electron chi connectivity index (χ0n) is 6.45. The Balaban J connectivity index is 2.50. The maximum Gasteiger partial charge on any atom is 0.139 e. The standard InChI is InChI=1S/C7H12N2O2/c1-5-2-7(11-9-5)3-6(10)4-8/h2,6,10H,3-4,8H2,1H3. The summed E-state index contributed by atoms with van der Waals surface area (Å²) in [6, 6.07) is 1.79. The summed E-state index contributed by atoms with van der Waals surface area (Å²) in [5, 5.41) is 12.8. The molecule has 4 heteroatoms. The fraction of sp³-hybridized carbons (Fsp3) is 0.571. The van der Waals surface area contributed by atoms with Crippen LogP contribution in [0, 0.1) is 6.92 Å². The van der Waals surface area contributed by atoms with E-state index in [0.29, 0.717) is 12.2 Å². The first-order valence-corrected chi connectivity index (χ1v) is 3.52. The van der Waals surface area contributed by atoms with Gasteiger partial charge in [-0.1, -0.05) is 5.16 Å². The van der Waals surface area contributed by atoms with Gasteiger partial charge in [0, 0.05) is 19.0 Å². The molecule has 1 aromatic rings. The highest BCUT2D eigenvalue weighted by atomic mass is 16.5. The summed E-state index contributed by atoms with van der Waals surface area (Å²) in [5.41, 5.74) is 6.04. The van der Waals surface area contributed by atoms with E-state index in [1.165, 1.54) is 0 Å². The molecule has 0 aromatic carbocycles. The summed E-state index contributed by atoms with van der Waals surface area (Å²) in [5.74, 6) is 0.681. The summed E-state index contributed by atoms with van der Waals surface area (Å²) >= 11 is 0. The molecule has 1 rings (SSSR count). The minimum absolute atomic E-state index is 0.250. The Hall–Kier alpha value is -0.870. The molecule has 0 spiro atoms. The molecule has 0 aliphatic carbocycles. The number of aryl methyl sites for hydroxylation is 1. The van der Waals surface area contributed by atoms with Crippen LogP contribution in [0.2, 0.25) is 0 Å². The van der Waals surface area contributed by atoms with E-state index in [1.807, 2.05) is 6.92 Å². The Morgan fingerprint density at radius 2 is 2.55 bits per heavy atom. The molecule has 3 N–H and O–H groups in total. The molecule has 1 unspecified atom stereocenters. The summed E-state index contributed by atoms with van der Waals surface area (Å²) < 4.78 is 4.87. The van der Waals surface area contributed by atoms with E-state index >= 15 is 0 Å². The lowest BCUT2D eigenvalue weighted by Crippen LogP contribution is -2.21. The molecular formula is C7H12N2O2. The zero-order chi connectivity index (χ0) is 8.27. The van der Waals surface area contributed by atoms with Gasteiger partial charge in [0.15, 0.2) is 0 Å². The topological polar surface area (TPSA) is 72.3 Å². The highest BCUT2D eigenvalue weighted by molar-refractivity contribution is 5.03. The number of aliphatic hydroxyl groups excluding tert-OH is 1. The highest BCUT2D eigenvalue weighted by Crippen LogP contribution is 2.04. The lowest BCUT2D eigenvalue weighted by molar-refractivity contribution is 0.172. The van der Waals surface area contributed by atoms with Crippen LogP contribution in [0.15, 0.2) is 10.6 Å². The van der Waals surface area contributed by atoms with Crippen LogP contribution in [0.1, 0.15) is 11.5 Å². The SMILES string of the molecule is Cc1cc(CC(O)CN)on1. The number of aromatic nitrogens is 1. The first-order chi connectivity index (χ1) is 5.22. The van der Waals surface area contributed by atoms with Crippen LogP contribution >= 0.6 is 0 Å². The molecule has 0 aliphatic heterocycles. The summed E-state index contributed by atoms with van der Waals surface area (Å²) in [6.45, 7) is 2.08. The van der Waals surface area contributed by atoms with E-state index in [0.717, 1.165) is 5.69 Å². The second-order valence-electron chi connectivity index (χ2n) is 2.53. The van der Waals surface area contributed by atoms with Crippen molar-refractivity contribution < 1.29 is 9.63 Å². The molecule has 62 valence electrons. The van der Waals surface area contributed by atoms with Crippen LogP contribution in [0.5, 0.6) is 0 Å². The van der Waals surface area contributed by atoms with Crippen LogP contribution < -0.4 is 5.73 Å². The first-order valence-electron chi connectivity index (χ1n) is 3.52. The first kappa shape index (κ1) is 8.23. The van der Waals surface area contributed by atoms with Gasteiger partial charge in [0.2, 0.25) is 0 Å². The monoisotopic (exact) mass is 156 g/mol. The van der Waals surface area contributed by atoms with Gasteiger partial charge in [-0.3, -0.25) is 0 Å². The van der Waals surface area contributed by atoms with Crippen molar-refractivity contribution >= 4 is 0 Å². The van der Waals surface area contributed by atoms with Gasteiger partial charge in [-0.2, -0.15) is 0 Å². The fourth-order valence-corrected chi connectivity index (χ4v) is 0.828. The second kappa shape index (κ2) is 3.50. The van der Waals surface area contributed by atoms with Crippen molar-refractivity contribution in [3.8, 4) is 0 Å². The van der Waals surface area contributed by atoms with E-state index < -0.39 is 6.10 Å². The Morgan fingerprint density at radius 3 is 3.00 bits per heavy atom. The Morgan fingerprint density at radius 1 is 1.82 bits per heavy atom. The Kier molecular flexibility index (Phi) is 2.62. The average Bonchev–Trinajstić information content (AvgIpc) is 2.35. The van der Waals surface area contributed by atoms with Crippen LogP contribution in [0.25, 0.3) is 0 Å². The molecule has 0 saturated carbocycles. The minimum atomic E-state index is -0.526.